The lowest BCUT2D eigenvalue weighted by atomic mass is 9.80. The van der Waals surface area contributed by atoms with E-state index >= 15 is 0 Å². The molecule has 0 atom stereocenters. The summed E-state index contributed by atoms with van der Waals surface area (Å²) in [4.78, 5) is 12.3. The lowest BCUT2D eigenvalue weighted by Gasteiger charge is -2.28. The maximum Gasteiger partial charge on any atom is 0.343 e. The second-order valence-corrected chi connectivity index (χ2v) is 8.71. The highest BCUT2D eigenvalue weighted by Gasteiger charge is 2.21. The number of hydrogen-bond donors (Lipinski definition) is 0. The van der Waals surface area contributed by atoms with Crippen molar-refractivity contribution < 1.29 is 18.7 Å². The van der Waals surface area contributed by atoms with Crippen molar-refractivity contribution in [3.05, 3.63) is 59.4 Å². The van der Waals surface area contributed by atoms with Crippen molar-refractivity contribution >= 4 is 5.97 Å². The molecule has 0 amide bonds. The maximum atomic E-state index is 13.7. The molecule has 0 radical (unpaired) electrons. The monoisotopic (exact) mass is 437 g/mol. The van der Waals surface area contributed by atoms with Crippen molar-refractivity contribution in [1.29, 1.82) is 5.26 Å². The molecule has 0 N–H and O–H groups in total. The molecular formula is C27H32FNO3. The summed E-state index contributed by atoms with van der Waals surface area (Å²) in [6, 6.07) is 12.3. The largest absolute Gasteiger partial charge is 0.493 e. The van der Waals surface area contributed by atoms with E-state index < -0.39 is 11.8 Å². The van der Waals surface area contributed by atoms with E-state index in [-0.39, 0.29) is 11.3 Å². The van der Waals surface area contributed by atoms with Gasteiger partial charge in [0.15, 0.2) is 0 Å². The molecule has 1 saturated carbocycles. The predicted octanol–water partition coefficient (Wildman–Crippen LogP) is 7.07. The lowest BCUT2D eigenvalue weighted by molar-refractivity contribution is 0.0734. The number of hydrogen-bond acceptors (Lipinski definition) is 4. The van der Waals surface area contributed by atoms with Crippen molar-refractivity contribution in [2.75, 3.05) is 6.61 Å². The van der Waals surface area contributed by atoms with Crippen LogP contribution in [-0.2, 0) is 0 Å². The van der Waals surface area contributed by atoms with Crippen LogP contribution in [0.25, 0.3) is 0 Å². The standard InChI is InChI=1S/C27H32FNO3/c1-2-3-4-5-6-20-7-9-21(10-8-20)19-31-24-14-11-22(12-15-24)27(30)32-25-16-13-23(18-29)26(28)17-25/h11-17,20-21H,2-10,19H2,1H3. The lowest BCUT2D eigenvalue weighted by Crippen LogP contribution is -2.20. The zero-order valence-electron chi connectivity index (χ0n) is 18.8. The van der Waals surface area contributed by atoms with Crippen molar-refractivity contribution in [3.8, 4) is 17.6 Å². The first-order chi connectivity index (χ1) is 15.6. The summed E-state index contributed by atoms with van der Waals surface area (Å²) < 4.78 is 24.8. The van der Waals surface area contributed by atoms with E-state index in [1.807, 2.05) is 0 Å². The quantitative estimate of drug-likeness (QED) is 0.226. The van der Waals surface area contributed by atoms with Gasteiger partial charge in [-0.05, 0) is 61.1 Å². The average Bonchev–Trinajstić information content (AvgIpc) is 2.82. The first-order valence-electron chi connectivity index (χ1n) is 11.7. The molecule has 5 heteroatoms. The van der Waals surface area contributed by atoms with Crippen LogP contribution < -0.4 is 9.47 Å². The van der Waals surface area contributed by atoms with Gasteiger partial charge in [-0.25, -0.2) is 9.18 Å². The predicted molar refractivity (Wildman–Crippen MR) is 122 cm³/mol. The molecule has 2 aromatic rings. The minimum atomic E-state index is -0.716. The third-order valence-corrected chi connectivity index (χ3v) is 6.28. The van der Waals surface area contributed by atoms with E-state index in [9.17, 15) is 9.18 Å². The fourth-order valence-electron chi connectivity index (χ4n) is 4.26. The Morgan fingerprint density at radius 2 is 1.69 bits per heavy atom. The topological polar surface area (TPSA) is 59.3 Å². The summed E-state index contributed by atoms with van der Waals surface area (Å²) in [5.41, 5.74) is 0.262. The van der Waals surface area contributed by atoms with E-state index in [1.54, 1.807) is 30.3 Å². The number of unbranched alkanes of at least 4 members (excludes halogenated alkanes) is 3. The summed E-state index contributed by atoms with van der Waals surface area (Å²) in [6.07, 6.45) is 11.8. The van der Waals surface area contributed by atoms with Crippen molar-refractivity contribution in [3.63, 3.8) is 0 Å². The number of esters is 1. The fraction of sp³-hybridized carbons (Fsp3) is 0.481. The number of nitriles is 1. The molecule has 1 aliphatic rings. The smallest absolute Gasteiger partial charge is 0.343 e. The number of nitrogens with zero attached hydrogens (tertiary/aromatic N) is 1. The fourth-order valence-corrected chi connectivity index (χ4v) is 4.26. The van der Waals surface area contributed by atoms with Crippen molar-refractivity contribution in [2.24, 2.45) is 11.8 Å². The van der Waals surface area contributed by atoms with E-state index in [0.29, 0.717) is 18.1 Å². The molecule has 4 nitrogen and oxygen atoms in total. The zero-order valence-corrected chi connectivity index (χ0v) is 18.8. The number of carbonyl (C=O) groups is 1. The second kappa shape index (κ2) is 12.2. The van der Waals surface area contributed by atoms with Gasteiger partial charge in [-0.1, -0.05) is 51.9 Å². The summed E-state index contributed by atoms with van der Waals surface area (Å²) >= 11 is 0. The average molecular weight is 438 g/mol. The Morgan fingerprint density at radius 3 is 2.34 bits per heavy atom. The van der Waals surface area contributed by atoms with Gasteiger partial charge < -0.3 is 9.47 Å². The van der Waals surface area contributed by atoms with Crippen LogP contribution in [0.3, 0.4) is 0 Å². The van der Waals surface area contributed by atoms with E-state index in [4.69, 9.17) is 14.7 Å². The van der Waals surface area contributed by atoms with Crippen LogP contribution >= 0.6 is 0 Å². The van der Waals surface area contributed by atoms with Gasteiger partial charge in [0.05, 0.1) is 17.7 Å². The molecule has 0 bridgehead atoms. The first-order valence-corrected chi connectivity index (χ1v) is 11.7. The van der Waals surface area contributed by atoms with Gasteiger partial charge in [0.2, 0.25) is 0 Å². The Bertz CT molecular complexity index is 911. The van der Waals surface area contributed by atoms with Gasteiger partial charge in [-0.3, -0.25) is 0 Å². The van der Waals surface area contributed by atoms with Crippen LogP contribution in [0, 0.1) is 29.0 Å². The zero-order chi connectivity index (χ0) is 22.8. The molecule has 32 heavy (non-hydrogen) atoms. The molecule has 3 rings (SSSR count). The van der Waals surface area contributed by atoms with Crippen molar-refractivity contribution in [1.82, 2.24) is 0 Å². The van der Waals surface area contributed by atoms with Gasteiger partial charge in [-0.2, -0.15) is 5.26 Å². The third kappa shape index (κ3) is 7.09. The highest BCUT2D eigenvalue weighted by molar-refractivity contribution is 5.91. The SMILES string of the molecule is CCCCCCC1CCC(COc2ccc(C(=O)Oc3ccc(C#N)c(F)c3)cc2)CC1. The molecular weight excluding hydrogens is 405 g/mol. The summed E-state index contributed by atoms with van der Waals surface area (Å²) in [7, 11) is 0. The van der Waals surface area contributed by atoms with Gasteiger partial charge in [0, 0.05) is 6.07 Å². The number of ether oxygens (including phenoxy) is 2. The summed E-state index contributed by atoms with van der Waals surface area (Å²) in [5, 5.41) is 8.77. The molecule has 1 fully saturated rings. The Hall–Kier alpha value is -2.87. The van der Waals surface area contributed by atoms with Crippen LogP contribution in [0.5, 0.6) is 11.5 Å². The molecule has 0 spiro atoms. The Balaban J connectivity index is 1.41. The molecule has 0 heterocycles. The van der Waals surface area contributed by atoms with Gasteiger partial charge in [-0.15, -0.1) is 0 Å². The number of rotatable bonds is 10. The highest BCUT2D eigenvalue weighted by Crippen LogP contribution is 2.32. The molecule has 0 unspecified atom stereocenters. The molecule has 0 aliphatic heterocycles. The van der Waals surface area contributed by atoms with Crippen LogP contribution in [0.4, 0.5) is 4.39 Å². The number of halogens is 1. The van der Waals surface area contributed by atoms with Crippen LogP contribution in [-0.4, -0.2) is 12.6 Å². The second-order valence-electron chi connectivity index (χ2n) is 8.71. The van der Waals surface area contributed by atoms with E-state index in [0.717, 1.165) is 17.7 Å². The van der Waals surface area contributed by atoms with Crippen LogP contribution in [0.15, 0.2) is 42.5 Å². The first kappa shape index (κ1) is 23.8. The Kier molecular flexibility index (Phi) is 9.10. The van der Waals surface area contributed by atoms with E-state index in [1.165, 1.54) is 69.9 Å². The number of carbonyl (C=O) groups excluding carboxylic acids is 1. The number of benzene rings is 2. The third-order valence-electron chi connectivity index (χ3n) is 6.28. The van der Waals surface area contributed by atoms with Gasteiger partial charge in [0.1, 0.15) is 23.4 Å². The Labute approximate surface area is 190 Å². The minimum Gasteiger partial charge on any atom is -0.493 e. The van der Waals surface area contributed by atoms with Gasteiger partial charge >= 0.3 is 5.97 Å². The van der Waals surface area contributed by atoms with Gasteiger partial charge in [0.25, 0.3) is 0 Å². The molecule has 1 aliphatic carbocycles. The summed E-state index contributed by atoms with van der Waals surface area (Å²) in [5.74, 6) is 0.973. The highest BCUT2D eigenvalue weighted by atomic mass is 19.1. The van der Waals surface area contributed by atoms with Crippen molar-refractivity contribution in [2.45, 2.75) is 64.7 Å². The van der Waals surface area contributed by atoms with Crippen LogP contribution in [0.1, 0.15) is 80.6 Å². The molecule has 0 aromatic heterocycles. The Morgan fingerprint density at radius 1 is 1.00 bits per heavy atom. The molecule has 0 saturated heterocycles. The molecule has 2 aromatic carbocycles. The molecule has 170 valence electrons. The van der Waals surface area contributed by atoms with E-state index in [2.05, 4.69) is 6.92 Å². The summed E-state index contributed by atoms with van der Waals surface area (Å²) in [6.45, 7) is 2.96. The van der Waals surface area contributed by atoms with Crippen LogP contribution in [0.2, 0.25) is 0 Å². The minimum absolute atomic E-state index is 0.0628. The normalized spacial score (nSPS) is 18.0. The maximum absolute atomic E-state index is 13.7.